The lowest BCUT2D eigenvalue weighted by molar-refractivity contribution is -0.142. The van der Waals surface area contributed by atoms with Crippen molar-refractivity contribution in [2.45, 2.75) is 121 Å². The zero-order valence-electron chi connectivity index (χ0n) is 32.9. The number of carbonyl (C=O) groups is 4. The Balaban J connectivity index is 0.00000310. The van der Waals surface area contributed by atoms with E-state index in [1.165, 1.54) is 16.7 Å². The first-order chi connectivity index (χ1) is 26.4. The molecular formula is C39H60N6O10S. The molecule has 3 N–H and O–H groups in total. The number of allylic oxidation sites excluding steroid dienone is 1. The van der Waals surface area contributed by atoms with Gasteiger partial charge in [-0.15, -0.1) is 5.10 Å². The molecule has 0 unspecified atom stereocenters. The van der Waals surface area contributed by atoms with Gasteiger partial charge in [-0.2, -0.15) is 0 Å². The van der Waals surface area contributed by atoms with Crippen LogP contribution in [0.2, 0.25) is 0 Å². The molecule has 0 radical (unpaired) electrons. The largest absolute Gasteiger partial charge is 0.471 e. The molecule has 2 aromatic rings. The number of methoxy groups -OCH3 is 1. The van der Waals surface area contributed by atoms with Crippen molar-refractivity contribution in [3.63, 3.8) is 0 Å². The van der Waals surface area contributed by atoms with Crippen LogP contribution < -0.4 is 25.7 Å². The lowest BCUT2D eigenvalue weighted by Crippen LogP contribution is -2.59. The first kappa shape index (κ1) is 41.1. The molecule has 1 aromatic heterocycles. The van der Waals surface area contributed by atoms with E-state index in [-0.39, 0.29) is 60.1 Å². The van der Waals surface area contributed by atoms with Crippen molar-refractivity contribution in [1.82, 2.24) is 30.0 Å². The van der Waals surface area contributed by atoms with Crippen LogP contribution in [0.5, 0.6) is 5.88 Å². The molecular weight excluding hydrogens is 745 g/mol. The van der Waals surface area contributed by atoms with Crippen LogP contribution in [0, 0.1) is 17.8 Å². The summed E-state index contributed by atoms with van der Waals surface area (Å²) in [6, 6.07) is 4.56. The van der Waals surface area contributed by atoms with Crippen LogP contribution in [0.15, 0.2) is 41.2 Å². The number of amides is 4. The van der Waals surface area contributed by atoms with Gasteiger partial charge < -0.3 is 29.7 Å². The molecule has 1 saturated heterocycles. The number of alkyl carbamates (subject to hydrolysis) is 1. The summed E-state index contributed by atoms with van der Waals surface area (Å²) in [5.74, 6) is -2.63. The highest BCUT2D eigenvalue weighted by molar-refractivity contribution is 7.91. The number of hydrogen-bond acceptors (Lipinski definition) is 11. The molecule has 2 saturated carbocycles. The second-order valence-electron chi connectivity index (χ2n) is 16.7. The lowest BCUT2D eigenvalue weighted by atomic mass is 9.88. The van der Waals surface area contributed by atoms with Gasteiger partial charge in [0.2, 0.25) is 27.7 Å². The number of fused-ring (bicyclic) bond motifs is 3. The summed E-state index contributed by atoms with van der Waals surface area (Å²) < 4.78 is 46.5. The summed E-state index contributed by atoms with van der Waals surface area (Å²) in [4.78, 5) is 71.0. The predicted molar refractivity (Wildman–Crippen MR) is 212 cm³/mol. The van der Waals surface area contributed by atoms with Gasteiger partial charge in [-0.1, -0.05) is 38.1 Å². The van der Waals surface area contributed by atoms with Gasteiger partial charge in [0.1, 0.15) is 29.3 Å². The van der Waals surface area contributed by atoms with Gasteiger partial charge in [0.15, 0.2) is 0 Å². The topological polar surface area (TPSA) is 204 Å². The number of ether oxygens (including phenoxy) is 3. The highest BCUT2D eigenvalue weighted by atomic mass is 32.2. The molecule has 7 atom stereocenters. The maximum atomic E-state index is 14.8. The molecule has 1 aromatic carbocycles. The summed E-state index contributed by atoms with van der Waals surface area (Å²) in [5, 5.41) is 10.3. The monoisotopic (exact) mass is 804 g/mol. The average molecular weight is 805 g/mol. The second kappa shape index (κ2) is 16.2. The maximum Gasteiger partial charge on any atom is 0.408 e. The Kier molecular flexibility index (Phi) is 11.9. The third-order valence-electron chi connectivity index (χ3n) is 10.9. The predicted octanol–water partition coefficient (Wildman–Crippen LogP) is 3.52. The number of rotatable bonds is 9. The van der Waals surface area contributed by atoms with Gasteiger partial charge in [-0.25, -0.2) is 17.9 Å². The zero-order chi connectivity index (χ0) is 40.6. The third kappa shape index (κ3) is 9.20. The Morgan fingerprint density at radius 3 is 2.46 bits per heavy atom. The highest BCUT2D eigenvalue weighted by Gasteiger charge is 2.62. The van der Waals surface area contributed by atoms with Gasteiger partial charge in [0.05, 0.1) is 35.7 Å². The van der Waals surface area contributed by atoms with Crippen molar-refractivity contribution in [2.75, 3.05) is 20.3 Å². The van der Waals surface area contributed by atoms with Gasteiger partial charge >= 0.3 is 6.09 Å². The van der Waals surface area contributed by atoms with Crippen LogP contribution in [0.1, 0.15) is 83.8 Å². The molecule has 0 spiro atoms. The molecule has 6 rings (SSSR count). The fourth-order valence-corrected chi connectivity index (χ4v) is 9.07. The van der Waals surface area contributed by atoms with E-state index >= 15 is 0 Å². The lowest BCUT2D eigenvalue weighted by Gasteiger charge is -2.33. The van der Waals surface area contributed by atoms with Crippen molar-refractivity contribution in [1.29, 1.82) is 0 Å². The minimum atomic E-state index is -3.93. The Hall–Kier alpha value is -4.51. The molecule has 3 heterocycles. The van der Waals surface area contributed by atoms with Gasteiger partial charge in [-0.3, -0.25) is 23.9 Å². The quantitative estimate of drug-likeness (QED) is 0.313. The number of carbonyl (C=O) groups excluding carboxylic acids is 4. The van der Waals surface area contributed by atoms with Crippen LogP contribution in [0.3, 0.4) is 0 Å². The smallest absolute Gasteiger partial charge is 0.408 e. The van der Waals surface area contributed by atoms with E-state index in [1.807, 2.05) is 19.1 Å². The van der Waals surface area contributed by atoms with Gasteiger partial charge in [0.25, 0.3) is 11.5 Å². The Bertz CT molecular complexity index is 2060. The van der Waals surface area contributed by atoms with E-state index in [4.69, 9.17) is 14.2 Å². The number of hydrogen-bond donors (Lipinski definition) is 3. The molecule has 4 aliphatic rings. The molecule has 56 heavy (non-hydrogen) atoms. The Morgan fingerprint density at radius 1 is 1.07 bits per heavy atom. The van der Waals surface area contributed by atoms with Crippen LogP contribution in [0.25, 0.3) is 10.8 Å². The number of aromatic nitrogens is 2. The third-order valence-corrected chi connectivity index (χ3v) is 12.7. The van der Waals surface area contributed by atoms with Crippen LogP contribution in [-0.2, 0) is 40.4 Å². The van der Waals surface area contributed by atoms with Crippen molar-refractivity contribution in [3.8, 4) is 5.88 Å². The van der Waals surface area contributed by atoms with E-state index in [0.29, 0.717) is 36.5 Å². The minimum absolute atomic E-state index is 0. The summed E-state index contributed by atoms with van der Waals surface area (Å²) in [6.07, 6.45) is 5.22. The number of nitrogens with zero attached hydrogens (tertiary/aromatic N) is 3. The summed E-state index contributed by atoms with van der Waals surface area (Å²) in [6.45, 7) is 9.36. The normalized spacial score (nSPS) is 29.2. The van der Waals surface area contributed by atoms with Gasteiger partial charge in [0, 0.05) is 23.7 Å². The van der Waals surface area contributed by atoms with Gasteiger partial charge in [-0.05, 0) is 83.3 Å². The number of benzene rings is 1. The molecule has 4 amide bonds. The van der Waals surface area contributed by atoms with Crippen molar-refractivity contribution in [3.05, 3.63) is 46.8 Å². The Morgan fingerprint density at radius 2 is 1.79 bits per heavy atom. The van der Waals surface area contributed by atoms with Crippen molar-refractivity contribution >= 4 is 44.6 Å². The number of sulfonamides is 1. The highest BCUT2D eigenvalue weighted by Crippen LogP contribution is 2.46. The van der Waals surface area contributed by atoms with Crippen molar-refractivity contribution in [2.24, 2.45) is 17.8 Å². The van der Waals surface area contributed by atoms with Crippen LogP contribution >= 0.6 is 0 Å². The standard InChI is InChI=1S/C39H54N6O10S.3H2/c1-23-11-7-8-12-25-21-39(25,36(49)43-56(51,52)27-15-16-27)41-32(46)30-20-26(22-44(30)35(48)31(24(2)19-23)40-37(50)55-38(3,4)5)54-33-28-13-9-10-14-29(28)34(47)45(42-33)17-18-53-6;;;/h8-10,12-14,23-27,30-31H,7,11,15-22H2,1-6H3,(H,40,50)(H,41,46)(H,43,49);3*1H/b12-8-;;;/t23-,24-,25-,26-,30+,31+,39-;;;/m1.../s1. The Labute approximate surface area is 331 Å². The fourth-order valence-electron chi connectivity index (χ4n) is 7.71. The second-order valence-corrected chi connectivity index (χ2v) is 18.7. The molecule has 0 bridgehead atoms. The van der Waals surface area contributed by atoms with Crippen LogP contribution in [0.4, 0.5) is 4.79 Å². The van der Waals surface area contributed by atoms with Crippen LogP contribution in [-0.4, -0.2) is 102 Å². The molecule has 3 fully saturated rings. The molecule has 312 valence electrons. The van der Waals surface area contributed by atoms with E-state index in [0.717, 1.165) is 6.42 Å². The SMILES string of the molecule is COCCn1nc(O[C@@H]2C[C@H]3C(=O)N[C@]4(C(=O)NS(=O)(=O)C5CC5)C[C@H]4/C=C\CC[C@@H](C)C[C@@H](C)[C@H](NC(=O)OC(C)(C)C)C(=O)N3C2)c2ccccc2c1=O.[HH].[HH].[HH]. The van der Waals surface area contributed by atoms with E-state index < -0.39 is 74.3 Å². The summed E-state index contributed by atoms with van der Waals surface area (Å²) in [7, 11) is -2.42. The number of nitrogens with one attached hydrogen (secondary N) is 3. The molecule has 2 aliphatic heterocycles. The first-order valence-electron chi connectivity index (χ1n) is 19.4. The summed E-state index contributed by atoms with van der Waals surface area (Å²) in [5.41, 5.74) is -2.73. The molecule has 2 aliphatic carbocycles. The van der Waals surface area contributed by atoms with Crippen molar-refractivity contribution < 1.29 is 46.1 Å². The maximum absolute atomic E-state index is 14.8. The molecule has 17 heteroatoms. The van der Waals surface area contributed by atoms with E-state index in [1.54, 1.807) is 45.0 Å². The average Bonchev–Trinajstić information content (AvgIpc) is 4.05. The minimum Gasteiger partial charge on any atom is -0.471 e. The first-order valence-corrected chi connectivity index (χ1v) is 21.0. The zero-order valence-corrected chi connectivity index (χ0v) is 33.7. The summed E-state index contributed by atoms with van der Waals surface area (Å²) >= 11 is 0. The molecule has 16 nitrogen and oxygen atoms in total. The fraction of sp³-hybridized carbons (Fsp3) is 0.641. The van der Waals surface area contributed by atoms with E-state index in [9.17, 15) is 32.4 Å². The van der Waals surface area contributed by atoms with E-state index in [2.05, 4.69) is 27.4 Å².